The Hall–Kier alpha value is -2.12. The second-order valence-electron chi connectivity index (χ2n) is 6.13. The fourth-order valence-corrected chi connectivity index (χ4v) is 3.32. The highest BCUT2D eigenvalue weighted by atomic mass is 35.5. The summed E-state index contributed by atoms with van der Waals surface area (Å²) in [5.74, 6) is 0.942. The van der Waals surface area contributed by atoms with Gasteiger partial charge in [-0.1, -0.05) is 23.2 Å². The zero-order valence-electron chi connectivity index (χ0n) is 14.7. The Morgan fingerprint density at radius 3 is 2.54 bits per heavy atom. The molecule has 0 spiro atoms. The molecule has 1 aliphatic heterocycles. The summed E-state index contributed by atoms with van der Waals surface area (Å²) in [7, 11) is 1.59. The van der Waals surface area contributed by atoms with E-state index in [1.165, 1.54) is 4.68 Å². The zero-order valence-corrected chi connectivity index (χ0v) is 16.2. The number of nitrogen functional groups attached to an aromatic ring is 1. The summed E-state index contributed by atoms with van der Waals surface area (Å²) in [4.78, 5) is 16.6. The van der Waals surface area contributed by atoms with Gasteiger partial charge in [0.15, 0.2) is 0 Å². The van der Waals surface area contributed by atoms with Crippen LogP contribution in [0.5, 0.6) is 5.75 Å². The van der Waals surface area contributed by atoms with E-state index in [2.05, 4.69) is 10.00 Å². The number of hydrogen-bond donors (Lipinski definition) is 1. The quantitative estimate of drug-likeness (QED) is 0.856. The minimum absolute atomic E-state index is 0.0239. The van der Waals surface area contributed by atoms with Gasteiger partial charge in [-0.15, -0.1) is 0 Å². The largest absolute Gasteiger partial charge is 0.495 e. The van der Waals surface area contributed by atoms with Crippen LogP contribution in [0.1, 0.15) is 5.69 Å². The number of benzene rings is 1. The molecule has 0 atom stereocenters. The molecule has 26 heavy (non-hydrogen) atoms. The molecule has 0 aliphatic carbocycles. The summed E-state index contributed by atoms with van der Waals surface area (Å²) < 4.78 is 6.72. The van der Waals surface area contributed by atoms with Gasteiger partial charge in [-0.05, 0) is 19.1 Å². The second-order valence-corrected chi connectivity index (χ2v) is 6.91. The van der Waals surface area contributed by atoms with Crippen molar-refractivity contribution >= 4 is 40.6 Å². The summed E-state index contributed by atoms with van der Waals surface area (Å²) in [5.41, 5.74) is 7.53. The number of carbonyl (C=O) groups excluding carboxylic acids is 1. The van der Waals surface area contributed by atoms with Crippen LogP contribution in [-0.4, -0.2) is 53.9 Å². The van der Waals surface area contributed by atoms with Gasteiger partial charge < -0.3 is 20.3 Å². The molecular formula is C17H21Cl2N5O2. The van der Waals surface area contributed by atoms with Gasteiger partial charge in [-0.25, -0.2) is 4.68 Å². The molecule has 0 bridgehead atoms. The Morgan fingerprint density at radius 2 is 1.96 bits per heavy atom. The fourth-order valence-electron chi connectivity index (χ4n) is 2.99. The van der Waals surface area contributed by atoms with E-state index in [1.54, 1.807) is 14.0 Å². The van der Waals surface area contributed by atoms with Crippen LogP contribution in [0.25, 0.3) is 0 Å². The lowest BCUT2D eigenvalue weighted by atomic mass is 10.2. The average molecular weight is 398 g/mol. The number of ether oxygens (including phenoxy) is 1. The third-order valence-corrected chi connectivity index (χ3v) is 5.29. The zero-order chi connectivity index (χ0) is 18.8. The van der Waals surface area contributed by atoms with Gasteiger partial charge in [0.05, 0.1) is 17.8 Å². The van der Waals surface area contributed by atoms with Crippen molar-refractivity contribution < 1.29 is 9.53 Å². The summed E-state index contributed by atoms with van der Waals surface area (Å²) in [6.45, 7) is 4.55. The normalized spacial score (nSPS) is 14.6. The van der Waals surface area contributed by atoms with Gasteiger partial charge in [-0.2, -0.15) is 5.10 Å². The first kappa shape index (κ1) is 18.7. The van der Waals surface area contributed by atoms with Crippen molar-refractivity contribution in [1.29, 1.82) is 0 Å². The summed E-state index contributed by atoms with van der Waals surface area (Å²) in [6, 6.07) is 5.69. The maximum Gasteiger partial charge on any atom is 0.244 e. The summed E-state index contributed by atoms with van der Waals surface area (Å²) >= 11 is 12.1. The number of carbonyl (C=O) groups is 1. The molecule has 0 unspecified atom stereocenters. The minimum Gasteiger partial charge on any atom is -0.495 e. The van der Waals surface area contributed by atoms with Crippen LogP contribution in [0.3, 0.4) is 0 Å². The van der Waals surface area contributed by atoms with E-state index in [4.69, 9.17) is 33.7 Å². The van der Waals surface area contributed by atoms with Crippen molar-refractivity contribution in [3.8, 4) is 5.75 Å². The first-order chi connectivity index (χ1) is 12.4. The molecule has 2 heterocycles. The van der Waals surface area contributed by atoms with E-state index < -0.39 is 0 Å². The second kappa shape index (κ2) is 7.63. The van der Waals surface area contributed by atoms with E-state index in [9.17, 15) is 4.79 Å². The number of aromatic nitrogens is 2. The van der Waals surface area contributed by atoms with Gasteiger partial charge in [0, 0.05) is 37.9 Å². The molecule has 3 rings (SSSR count). The predicted octanol–water partition coefficient (Wildman–Crippen LogP) is 2.44. The van der Waals surface area contributed by atoms with Gasteiger partial charge in [0.1, 0.15) is 23.1 Å². The van der Waals surface area contributed by atoms with Gasteiger partial charge in [0.2, 0.25) is 5.91 Å². The van der Waals surface area contributed by atoms with Crippen molar-refractivity contribution in [2.45, 2.75) is 13.5 Å². The Balaban J connectivity index is 1.61. The number of nitrogens with zero attached hydrogens (tertiary/aromatic N) is 4. The molecule has 140 valence electrons. The lowest BCUT2D eigenvalue weighted by molar-refractivity contribution is -0.132. The van der Waals surface area contributed by atoms with E-state index in [0.29, 0.717) is 40.4 Å². The number of hydrogen-bond acceptors (Lipinski definition) is 5. The SMILES string of the molecule is COc1cc(N2CCN(C(=O)Cn3nc(C)c(Cl)c3N)CC2)ccc1Cl. The van der Waals surface area contributed by atoms with Gasteiger partial charge in [0.25, 0.3) is 0 Å². The fraction of sp³-hybridized carbons (Fsp3) is 0.412. The molecule has 1 aromatic heterocycles. The number of piperazine rings is 1. The van der Waals surface area contributed by atoms with E-state index >= 15 is 0 Å². The summed E-state index contributed by atoms with van der Waals surface area (Å²) in [6.07, 6.45) is 0. The van der Waals surface area contributed by atoms with Crippen molar-refractivity contribution in [2.24, 2.45) is 0 Å². The molecule has 1 saturated heterocycles. The Labute approximate surface area is 162 Å². The number of aryl methyl sites for hydroxylation is 1. The van der Waals surface area contributed by atoms with Crippen LogP contribution in [0, 0.1) is 6.92 Å². The lowest BCUT2D eigenvalue weighted by Crippen LogP contribution is -2.49. The molecule has 9 heteroatoms. The molecule has 7 nitrogen and oxygen atoms in total. The number of halogens is 2. The van der Waals surface area contributed by atoms with E-state index in [-0.39, 0.29) is 12.5 Å². The number of rotatable bonds is 4. The van der Waals surface area contributed by atoms with Gasteiger partial charge >= 0.3 is 0 Å². The number of amides is 1. The maximum atomic E-state index is 12.5. The summed E-state index contributed by atoms with van der Waals surface area (Å²) in [5, 5.41) is 5.19. The van der Waals surface area contributed by atoms with Crippen molar-refractivity contribution in [3.05, 3.63) is 33.9 Å². The van der Waals surface area contributed by atoms with Crippen LogP contribution in [-0.2, 0) is 11.3 Å². The molecular weight excluding hydrogens is 377 g/mol. The standard InChI is InChI=1S/C17H21Cl2N5O2/c1-11-16(19)17(20)24(21-11)10-15(25)23-7-5-22(6-8-23)12-3-4-13(18)14(9-12)26-2/h3-4,9H,5-8,10,20H2,1-2H3. The molecule has 2 N–H and O–H groups in total. The topological polar surface area (TPSA) is 76.6 Å². The van der Waals surface area contributed by atoms with Crippen LogP contribution >= 0.6 is 23.2 Å². The molecule has 0 saturated carbocycles. The third-order valence-electron chi connectivity index (χ3n) is 4.51. The number of nitrogens with two attached hydrogens (primary N) is 1. The highest BCUT2D eigenvalue weighted by molar-refractivity contribution is 6.33. The highest BCUT2D eigenvalue weighted by Gasteiger charge is 2.23. The first-order valence-corrected chi connectivity index (χ1v) is 9.01. The monoisotopic (exact) mass is 397 g/mol. The average Bonchev–Trinajstić information content (AvgIpc) is 2.89. The molecule has 0 radical (unpaired) electrons. The maximum absolute atomic E-state index is 12.5. The minimum atomic E-state index is -0.0239. The Morgan fingerprint density at radius 1 is 1.27 bits per heavy atom. The molecule has 2 aromatic rings. The van der Waals surface area contributed by atoms with E-state index in [0.717, 1.165) is 18.8 Å². The van der Waals surface area contributed by atoms with Crippen LogP contribution < -0.4 is 15.4 Å². The third kappa shape index (κ3) is 3.68. The van der Waals surface area contributed by atoms with Gasteiger partial charge in [-0.3, -0.25) is 4.79 Å². The van der Waals surface area contributed by atoms with Crippen LogP contribution in [0.4, 0.5) is 11.5 Å². The smallest absolute Gasteiger partial charge is 0.244 e. The van der Waals surface area contributed by atoms with E-state index in [1.807, 2.05) is 23.1 Å². The Kier molecular flexibility index (Phi) is 5.48. The van der Waals surface area contributed by atoms with Crippen molar-refractivity contribution in [1.82, 2.24) is 14.7 Å². The first-order valence-electron chi connectivity index (χ1n) is 8.25. The molecule has 1 fully saturated rings. The van der Waals surface area contributed by atoms with Crippen LogP contribution in [0.2, 0.25) is 10.0 Å². The van der Waals surface area contributed by atoms with Crippen molar-refractivity contribution in [2.75, 3.05) is 43.9 Å². The van der Waals surface area contributed by atoms with Crippen LogP contribution in [0.15, 0.2) is 18.2 Å². The molecule has 1 aliphatic rings. The predicted molar refractivity (Wildman–Crippen MR) is 103 cm³/mol. The number of anilines is 2. The lowest BCUT2D eigenvalue weighted by Gasteiger charge is -2.36. The van der Waals surface area contributed by atoms with Crippen molar-refractivity contribution in [3.63, 3.8) is 0 Å². The highest BCUT2D eigenvalue weighted by Crippen LogP contribution is 2.30. The molecule has 1 aromatic carbocycles. The molecule has 1 amide bonds. The number of methoxy groups -OCH3 is 1. The Bertz CT molecular complexity index is 816.